The molecule has 6 heteroatoms. The molecule has 1 aliphatic carbocycles. The Kier molecular flexibility index (Phi) is 3.82. The lowest BCUT2D eigenvalue weighted by Gasteiger charge is -2.27. The van der Waals surface area contributed by atoms with Crippen molar-refractivity contribution in [3.8, 4) is 11.5 Å². The number of benzene rings is 1. The molecule has 24 heavy (non-hydrogen) atoms. The van der Waals surface area contributed by atoms with Gasteiger partial charge >= 0.3 is 0 Å². The van der Waals surface area contributed by atoms with E-state index in [0.29, 0.717) is 48.5 Å². The van der Waals surface area contributed by atoms with Crippen molar-refractivity contribution in [2.24, 2.45) is 11.8 Å². The number of para-hydroxylation sites is 1. The lowest BCUT2D eigenvalue weighted by Crippen LogP contribution is -2.38. The Labute approximate surface area is 141 Å². The van der Waals surface area contributed by atoms with Gasteiger partial charge in [-0.3, -0.25) is 9.59 Å². The summed E-state index contributed by atoms with van der Waals surface area (Å²) in [4.78, 5) is 26.4. The normalized spacial score (nSPS) is 28.0. The van der Waals surface area contributed by atoms with Crippen LogP contribution in [0, 0.1) is 11.8 Å². The van der Waals surface area contributed by atoms with Gasteiger partial charge in [-0.15, -0.1) is 0 Å². The molecule has 0 unspecified atom stereocenters. The van der Waals surface area contributed by atoms with Crippen molar-refractivity contribution in [3.63, 3.8) is 0 Å². The molecular weight excluding hydrogens is 308 g/mol. The summed E-state index contributed by atoms with van der Waals surface area (Å²) in [6, 6.07) is 5.61. The lowest BCUT2D eigenvalue weighted by molar-refractivity contribution is -0.124. The monoisotopic (exact) mass is 330 g/mol. The number of fused-ring (bicyclic) bond motifs is 2. The van der Waals surface area contributed by atoms with E-state index in [0.717, 1.165) is 19.4 Å². The predicted octanol–water partition coefficient (Wildman–Crippen LogP) is 1.44. The van der Waals surface area contributed by atoms with Gasteiger partial charge in [0.05, 0.1) is 5.56 Å². The van der Waals surface area contributed by atoms with Gasteiger partial charge in [-0.1, -0.05) is 6.07 Å². The number of hydrogen-bond acceptors (Lipinski definition) is 4. The van der Waals surface area contributed by atoms with Gasteiger partial charge in [0, 0.05) is 26.1 Å². The molecule has 1 aromatic rings. The van der Waals surface area contributed by atoms with E-state index < -0.39 is 0 Å². The van der Waals surface area contributed by atoms with Gasteiger partial charge < -0.3 is 19.7 Å². The summed E-state index contributed by atoms with van der Waals surface area (Å²) in [6.07, 6.45) is 2.42. The van der Waals surface area contributed by atoms with Crippen LogP contribution in [0.25, 0.3) is 0 Å². The van der Waals surface area contributed by atoms with Crippen molar-refractivity contribution in [2.75, 3.05) is 26.8 Å². The van der Waals surface area contributed by atoms with E-state index in [4.69, 9.17) is 9.47 Å². The Balaban J connectivity index is 1.52. The maximum absolute atomic E-state index is 13.0. The highest BCUT2D eigenvalue weighted by molar-refractivity contribution is 5.98. The second kappa shape index (κ2) is 6.00. The lowest BCUT2D eigenvalue weighted by atomic mass is 9.89. The quantitative estimate of drug-likeness (QED) is 0.891. The Bertz CT molecular complexity index is 675. The Morgan fingerprint density at radius 3 is 2.88 bits per heavy atom. The van der Waals surface area contributed by atoms with Crippen LogP contribution in [0.15, 0.2) is 18.2 Å². The summed E-state index contributed by atoms with van der Waals surface area (Å²) >= 11 is 0. The molecule has 4 rings (SSSR count). The zero-order chi connectivity index (χ0) is 16.7. The fourth-order valence-corrected chi connectivity index (χ4v) is 4.15. The number of hydrogen-bond donors (Lipinski definition) is 1. The first kappa shape index (κ1) is 15.3. The van der Waals surface area contributed by atoms with Crippen LogP contribution in [0.3, 0.4) is 0 Å². The third kappa shape index (κ3) is 2.60. The van der Waals surface area contributed by atoms with Crippen molar-refractivity contribution >= 4 is 11.8 Å². The zero-order valence-electron chi connectivity index (χ0n) is 13.8. The molecule has 2 amide bonds. The summed E-state index contributed by atoms with van der Waals surface area (Å²) in [6.45, 7) is 1.70. The Morgan fingerprint density at radius 1 is 1.21 bits per heavy atom. The molecule has 3 aliphatic rings. The van der Waals surface area contributed by atoms with Crippen molar-refractivity contribution in [1.29, 1.82) is 0 Å². The van der Waals surface area contributed by atoms with Crippen LogP contribution in [-0.4, -0.2) is 49.6 Å². The average molecular weight is 330 g/mol. The molecule has 0 spiro atoms. The van der Waals surface area contributed by atoms with Crippen LogP contribution in [-0.2, 0) is 4.79 Å². The average Bonchev–Trinajstić information content (AvgIpc) is 3.03. The van der Waals surface area contributed by atoms with Crippen LogP contribution >= 0.6 is 0 Å². The number of carbonyl (C=O) groups is 2. The molecule has 6 nitrogen and oxygen atoms in total. The van der Waals surface area contributed by atoms with Crippen molar-refractivity contribution < 1.29 is 19.1 Å². The summed E-state index contributed by atoms with van der Waals surface area (Å²) in [5, 5.41) is 2.94. The predicted molar refractivity (Wildman–Crippen MR) is 87.2 cm³/mol. The molecule has 2 aliphatic heterocycles. The van der Waals surface area contributed by atoms with Crippen LogP contribution in [0.4, 0.5) is 0 Å². The maximum atomic E-state index is 13.0. The summed E-state index contributed by atoms with van der Waals surface area (Å²) in [5.41, 5.74) is 0.554. The highest BCUT2D eigenvalue weighted by Gasteiger charge is 2.41. The van der Waals surface area contributed by atoms with Gasteiger partial charge in [0.15, 0.2) is 11.5 Å². The molecule has 128 valence electrons. The van der Waals surface area contributed by atoms with E-state index in [9.17, 15) is 9.59 Å². The Morgan fingerprint density at radius 2 is 2.00 bits per heavy atom. The van der Waals surface area contributed by atoms with Crippen molar-refractivity contribution in [2.45, 2.75) is 25.3 Å². The molecular formula is C18H22N2O4. The highest BCUT2D eigenvalue weighted by atomic mass is 16.6. The number of carbonyl (C=O) groups excluding carboxylic acids is 2. The number of nitrogens with one attached hydrogen (secondary N) is 1. The van der Waals surface area contributed by atoms with E-state index in [2.05, 4.69) is 5.32 Å². The second-order valence-corrected chi connectivity index (χ2v) is 6.90. The molecule has 1 saturated heterocycles. The number of nitrogens with zero attached hydrogens (tertiary/aromatic N) is 1. The van der Waals surface area contributed by atoms with Gasteiger partial charge in [-0.2, -0.15) is 0 Å². The summed E-state index contributed by atoms with van der Waals surface area (Å²) < 4.78 is 11.2. The van der Waals surface area contributed by atoms with E-state index in [-0.39, 0.29) is 17.9 Å². The van der Waals surface area contributed by atoms with Crippen LogP contribution in [0.1, 0.15) is 29.6 Å². The van der Waals surface area contributed by atoms with Gasteiger partial charge in [-0.25, -0.2) is 0 Å². The van der Waals surface area contributed by atoms with Crippen molar-refractivity contribution in [1.82, 2.24) is 10.2 Å². The molecule has 1 N–H and O–H groups in total. The van der Waals surface area contributed by atoms with E-state index >= 15 is 0 Å². The number of piperidine rings is 1. The zero-order valence-corrected chi connectivity index (χ0v) is 13.8. The maximum Gasteiger partial charge on any atom is 0.257 e. The molecule has 2 heterocycles. The van der Waals surface area contributed by atoms with E-state index in [1.807, 2.05) is 24.1 Å². The Hall–Kier alpha value is -2.24. The SMILES string of the molecule is CN(C(=O)c1cccc2c1OCCO2)[C@H]1C[C@H]2CNC(=O)C[C@H]2C1. The van der Waals surface area contributed by atoms with Gasteiger partial charge in [0.25, 0.3) is 5.91 Å². The minimum atomic E-state index is -0.0414. The van der Waals surface area contributed by atoms with E-state index in [1.54, 1.807) is 6.07 Å². The first-order valence-electron chi connectivity index (χ1n) is 8.56. The van der Waals surface area contributed by atoms with Gasteiger partial charge in [0.2, 0.25) is 5.91 Å². The largest absolute Gasteiger partial charge is 0.486 e. The molecule has 0 bridgehead atoms. The summed E-state index contributed by atoms with van der Waals surface area (Å²) in [5.74, 6) is 2.15. The molecule has 3 atom stereocenters. The molecule has 1 aromatic carbocycles. The molecule has 0 aromatic heterocycles. The molecule has 0 radical (unpaired) electrons. The number of rotatable bonds is 2. The number of amides is 2. The number of ether oxygens (including phenoxy) is 2. The van der Waals surface area contributed by atoms with Crippen LogP contribution in [0.5, 0.6) is 11.5 Å². The first-order valence-corrected chi connectivity index (χ1v) is 8.56. The third-order valence-electron chi connectivity index (χ3n) is 5.49. The minimum Gasteiger partial charge on any atom is -0.486 e. The molecule has 2 fully saturated rings. The van der Waals surface area contributed by atoms with Gasteiger partial charge in [-0.05, 0) is 36.8 Å². The minimum absolute atomic E-state index is 0.0414. The topological polar surface area (TPSA) is 67.9 Å². The summed E-state index contributed by atoms with van der Waals surface area (Å²) in [7, 11) is 1.85. The van der Waals surface area contributed by atoms with Crippen LogP contribution in [0.2, 0.25) is 0 Å². The molecule has 1 saturated carbocycles. The fraction of sp³-hybridized carbons (Fsp3) is 0.556. The van der Waals surface area contributed by atoms with Crippen LogP contribution < -0.4 is 14.8 Å². The highest BCUT2D eigenvalue weighted by Crippen LogP contribution is 2.40. The second-order valence-electron chi connectivity index (χ2n) is 6.90. The first-order chi connectivity index (χ1) is 11.6. The van der Waals surface area contributed by atoms with Gasteiger partial charge in [0.1, 0.15) is 13.2 Å². The third-order valence-corrected chi connectivity index (χ3v) is 5.49. The van der Waals surface area contributed by atoms with E-state index in [1.165, 1.54) is 0 Å². The smallest absolute Gasteiger partial charge is 0.257 e. The standard InChI is InChI=1S/C18H22N2O4/c1-20(13-7-11-9-16(21)19-10-12(11)8-13)18(22)14-3-2-4-15-17(14)24-6-5-23-15/h2-4,11-13H,5-10H2,1H3,(H,19,21)/t11-,12+,13-/m1/s1. The van der Waals surface area contributed by atoms with Crippen molar-refractivity contribution in [3.05, 3.63) is 23.8 Å². The fourth-order valence-electron chi connectivity index (χ4n) is 4.15.